The molecule has 0 amide bonds. The Morgan fingerprint density at radius 2 is 2.38 bits per heavy atom. The van der Waals surface area contributed by atoms with E-state index < -0.39 is 0 Å². The van der Waals surface area contributed by atoms with Crippen molar-refractivity contribution in [3.05, 3.63) is 28.9 Å². The van der Waals surface area contributed by atoms with Gasteiger partial charge in [0.25, 0.3) is 0 Å². The van der Waals surface area contributed by atoms with E-state index in [1.54, 1.807) is 0 Å². The zero-order chi connectivity index (χ0) is 9.26. The summed E-state index contributed by atoms with van der Waals surface area (Å²) >= 11 is 5.84. The molecule has 0 saturated heterocycles. The number of hydrogen-bond donors (Lipinski definition) is 1. The molecule has 0 unspecified atom stereocenters. The van der Waals surface area contributed by atoms with Crippen molar-refractivity contribution in [2.45, 2.75) is 6.42 Å². The van der Waals surface area contributed by atoms with Crippen molar-refractivity contribution in [3.8, 4) is 6.07 Å². The van der Waals surface area contributed by atoms with Crippen LogP contribution in [0.25, 0.3) is 10.9 Å². The second-order valence-corrected chi connectivity index (χ2v) is 3.10. The summed E-state index contributed by atoms with van der Waals surface area (Å²) in [6.07, 6.45) is 0.400. The van der Waals surface area contributed by atoms with Crippen LogP contribution in [0.4, 0.5) is 0 Å². The summed E-state index contributed by atoms with van der Waals surface area (Å²) in [5, 5.41) is 16.6. The van der Waals surface area contributed by atoms with Crippen molar-refractivity contribution in [2.24, 2.45) is 0 Å². The van der Waals surface area contributed by atoms with E-state index in [4.69, 9.17) is 16.9 Å². The molecule has 1 aromatic heterocycles. The summed E-state index contributed by atoms with van der Waals surface area (Å²) in [7, 11) is 0. The van der Waals surface area contributed by atoms with E-state index in [0.29, 0.717) is 11.6 Å². The number of halogens is 1. The van der Waals surface area contributed by atoms with Crippen molar-refractivity contribution < 1.29 is 0 Å². The minimum absolute atomic E-state index is 0.400. The second-order valence-electron chi connectivity index (χ2n) is 2.72. The van der Waals surface area contributed by atoms with Crippen molar-refractivity contribution in [2.75, 3.05) is 0 Å². The van der Waals surface area contributed by atoms with E-state index in [0.717, 1.165) is 16.5 Å². The van der Waals surface area contributed by atoms with Gasteiger partial charge in [-0.15, -0.1) is 0 Å². The lowest BCUT2D eigenvalue weighted by atomic mass is 10.1. The number of aromatic nitrogens is 2. The van der Waals surface area contributed by atoms with Crippen LogP contribution in [0.15, 0.2) is 18.2 Å². The molecule has 0 spiro atoms. The summed E-state index contributed by atoms with van der Waals surface area (Å²) in [6.45, 7) is 0. The molecular weight excluding hydrogens is 186 g/mol. The smallest absolute Gasteiger partial charge is 0.132 e. The third-order valence-corrected chi connectivity index (χ3v) is 2.14. The van der Waals surface area contributed by atoms with Crippen LogP contribution >= 0.6 is 11.6 Å². The Hall–Kier alpha value is -1.53. The molecule has 0 aliphatic rings. The first-order valence-corrected chi connectivity index (χ1v) is 4.18. The van der Waals surface area contributed by atoms with Crippen LogP contribution in [0, 0.1) is 11.3 Å². The van der Waals surface area contributed by atoms with Gasteiger partial charge < -0.3 is 0 Å². The van der Waals surface area contributed by atoms with Gasteiger partial charge in [0, 0.05) is 5.39 Å². The number of H-pyrrole nitrogens is 1. The Morgan fingerprint density at radius 3 is 3.15 bits per heavy atom. The third-order valence-electron chi connectivity index (χ3n) is 1.86. The number of hydrogen-bond acceptors (Lipinski definition) is 2. The number of fused-ring (bicyclic) bond motifs is 1. The van der Waals surface area contributed by atoms with Crippen LogP contribution in [0.1, 0.15) is 5.56 Å². The predicted octanol–water partition coefficient (Wildman–Crippen LogP) is 2.28. The van der Waals surface area contributed by atoms with Gasteiger partial charge in [-0.1, -0.05) is 17.7 Å². The first-order chi connectivity index (χ1) is 6.31. The molecule has 0 saturated carbocycles. The molecule has 4 heteroatoms. The molecule has 1 heterocycles. The number of aromatic amines is 1. The molecule has 64 valence electrons. The van der Waals surface area contributed by atoms with E-state index in [9.17, 15) is 0 Å². The highest BCUT2D eigenvalue weighted by Gasteiger charge is 2.02. The highest BCUT2D eigenvalue weighted by molar-refractivity contribution is 6.34. The Morgan fingerprint density at radius 1 is 1.54 bits per heavy atom. The Bertz CT molecular complexity index is 481. The maximum absolute atomic E-state index is 8.51. The van der Waals surface area contributed by atoms with Crippen LogP contribution in [0.3, 0.4) is 0 Å². The molecule has 2 rings (SSSR count). The molecule has 1 N–H and O–H groups in total. The molecule has 2 aromatic rings. The number of rotatable bonds is 1. The number of nitrogens with one attached hydrogen (secondary N) is 1. The average molecular weight is 192 g/mol. The van der Waals surface area contributed by atoms with Crippen LogP contribution in [0.5, 0.6) is 0 Å². The highest BCUT2D eigenvalue weighted by atomic mass is 35.5. The molecule has 0 aliphatic heterocycles. The molecular formula is C9H6ClN3. The van der Waals surface area contributed by atoms with Crippen molar-refractivity contribution in [3.63, 3.8) is 0 Å². The molecule has 0 aliphatic carbocycles. The van der Waals surface area contributed by atoms with Gasteiger partial charge in [-0.05, 0) is 17.7 Å². The minimum atomic E-state index is 0.400. The molecule has 0 fully saturated rings. The predicted molar refractivity (Wildman–Crippen MR) is 50.4 cm³/mol. The third kappa shape index (κ3) is 1.36. The van der Waals surface area contributed by atoms with Crippen LogP contribution < -0.4 is 0 Å². The number of benzene rings is 1. The Balaban J connectivity index is 2.60. The van der Waals surface area contributed by atoms with E-state index in [1.165, 1.54) is 0 Å². The maximum atomic E-state index is 8.51. The van der Waals surface area contributed by atoms with Gasteiger partial charge in [0.15, 0.2) is 0 Å². The summed E-state index contributed by atoms with van der Waals surface area (Å²) < 4.78 is 0. The second kappa shape index (κ2) is 3.08. The maximum Gasteiger partial charge on any atom is 0.132 e. The van der Waals surface area contributed by atoms with Crippen molar-refractivity contribution in [1.29, 1.82) is 5.26 Å². The topological polar surface area (TPSA) is 52.5 Å². The fourth-order valence-corrected chi connectivity index (χ4v) is 1.42. The average Bonchev–Trinajstić information content (AvgIpc) is 2.49. The fraction of sp³-hybridized carbons (Fsp3) is 0.111. The SMILES string of the molecule is N#CCc1ccc2n[nH]c(Cl)c2c1. The first kappa shape index (κ1) is 8.09. The number of nitrogens with zero attached hydrogens (tertiary/aromatic N) is 2. The highest BCUT2D eigenvalue weighted by Crippen LogP contribution is 2.21. The summed E-state index contributed by atoms with van der Waals surface area (Å²) in [6, 6.07) is 7.70. The zero-order valence-electron chi connectivity index (χ0n) is 6.71. The Kier molecular flexibility index (Phi) is 1.91. The van der Waals surface area contributed by atoms with E-state index in [-0.39, 0.29) is 0 Å². The van der Waals surface area contributed by atoms with Crippen LogP contribution in [-0.2, 0) is 6.42 Å². The van der Waals surface area contributed by atoms with Crippen LogP contribution in [0.2, 0.25) is 5.15 Å². The van der Waals surface area contributed by atoms with Gasteiger partial charge in [0.2, 0.25) is 0 Å². The standard InChI is InChI=1S/C9H6ClN3/c10-9-7-5-6(3-4-11)1-2-8(7)12-13-9/h1-2,5H,3H2,(H,12,13). The van der Waals surface area contributed by atoms with E-state index in [2.05, 4.69) is 16.3 Å². The van der Waals surface area contributed by atoms with Gasteiger partial charge in [-0.25, -0.2) is 0 Å². The van der Waals surface area contributed by atoms with Gasteiger partial charge in [-0.2, -0.15) is 10.4 Å². The van der Waals surface area contributed by atoms with Crippen LogP contribution in [-0.4, -0.2) is 10.2 Å². The van der Waals surface area contributed by atoms with Gasteiger partial charge in [0.1, 0.15) is 5.15 Å². The molecule has 13 heavy (non-hydrogen) atoms. The first-order valence-electron chi connectivity index (χ1n) is 3.80. The van der Waals surface area contributed by atoms with E-state index in [1.807, 2.05) is 18.2 Å². The lowest BCUT2D eigenvalue weighted by molar-refractivity contribution is 1.12. The summed E-state index contributed by atoms with van der Waals surface area (Å²) in [5.74, 6) is 0. The van der Waals surface area contributed by atoms with Gasteiger partial charge >= 0.3 is 0 Å². The molecule has 1 aromatic carbocycles. The monoisotopic (exact) mass is 191 g/mol. The van der Waals surface area contributed by atoms with Crippen molar-refractivity contribution in [1.82, 2.24) is 10.2 Å². The zero-order valence-corrected chi connectivity index (χ0v) is 7.47. The quantitative estimate of drug-likeness (QED) is 0.752. The normalized spacial score (nSPS) is 10.2. The number of nitriles is 1. The molecule has 3 nitrogen and oxygen atoms in total. The molecule has 0 radical (unpaired) electrons. The molecule has 0 bridgehead atoms. The van der Waals surface area contributed by atoms with Gasteiger partial charge in [0.05, 0.1) is 18.0 Å². The minimum Gasteiger partial charge on any atom is -0.266 e. The van der Waals surface area contributed by atoms with E-state index >= 15 is 0 Å². The van der Waals surface area contributed by atoms with Crippen molar-refractivity contribution >= 4 is 22.5 Å². The fourth-order valence-electron chi connectivity index (χ4n) is 1.23. The molecule has 0 atom stereocenters. The summed E-state index contributed by atoms with van der Waals surface area (Å²) in [5.41, 5.74) is 1.78. The lowest BCUT2D eigenvalue weighted by Gasteiger charge is -1.93. The Labute approximate surface area is 79.9 Å². The van der Waals surface area contributed by atoms with Gasteiger partial charge in [-0.3, -0.25) is 5.10 Å². The largest absolute Gasteiger partial charge is 0.266 e. The lowest BCUT2D eigenvalue weighted by Crippen LogP contribution is -1.79. The summed E-state index contributed by atoms with van der Waals surface area (Å²) in [4.78, 5) is 0.